The van der Waals surface area contributed by atoms with E-state index in [1.165, 1.54) is 0 Å². The highest BCUT2D eigenvalue weighted by Crippen LogP contribution is 2.22. The van der Waals surface area contributed by atoms with Gasteiger partial charge in [-0.3, -0.25) is 0 Å². The van der Waals surface area contributed by atoms with Gasteiger partial charge in [-0.05, 0) is 34.6 Å². The Morgan fingerprint density at radius 2 is 1.65 bits per heavy atom. The Hall–Kier alpha value is -2.31. The van der Waals surface area contributed by atoms with Crippen molar-refractivity contribution in [3.8, 4) is 6.07 Å². The maximum absolute atomic E-state index is 12.5. The largest absolute Gasteiger partial charge is 0.444 e. The molecule has 0 aromatic heterocycles. The molecule has 1 saturated heterocycles. The first-order valence-corrected chi connectivity index (χ1v) is 8.16. The van der Waals surface area contributed by atoms with Crippen LogP contribution in [0, 0.1) is 11.3 Å². The minimum Gasteiger partial charge on any atom is -0.444 e. The maximum atomic E-state index is 12.5. The molecule has 0 aliphatic carbocycles. The van der Waals surface area contributed by atoms with E-state index in [1.807, 2.05) is 0 Å². The number of aliphatic imine (C=N–C) groups is 2. The molecule has 1 unspecified atom stereocenters. The van der Waals surface area contributed by atoms with E-state index in [2.05, 4.69) is 9.98 Å². The Bertz CT molecular complexity index is 609. The number of hydrogen-bond acceptors (Lipinski definition) is 4. The van der Waals surface area contributed by atoms with Gasteiger partial charge in [0.15, 0.2) is 0 Å². The first-order valence-electron chi connectivity index (χ1n) is 8.16. The molecule has 1 aliphatic heterocycles. The molecule has 146 valence electrons. The van der Waals surface area contributed by atoms with E-state index in [0.717, 1.165) is 6.92 Å². The third-order valence-corrected chi connectivity index (χ3v) is 3.55. The number of alkyl halides is 3. The van der Waals surface area contributed by atoms with Crippen LogP contribution < -0.4 is 0 Å². The van der Waals surface area contributed by atoms with Crippen LogP contribution >= 0.6 is 0 Å². The molecule has 0 bridgehead atoms. The second-order valence-electron chi connectivity index (χ2n) is 6.90. The van der Waals surface area contributed by atoms with Crippen molar-refractivity contribution < 1.29 is 22.7 Å². The minimum atomic E-state index is -4.52. The van der Waals surface area contributed by atoms with Crippen LogP contribution in [0.4, 0.5) is 18.0 Å². The van der Waals surface area contributed by atoms with Gasteiger partial charge in [-0.2, -0.15) is 18.4 Å². The number of hydrogen-bond donors (Lipinski definition) is 0. The molecule has 10 heteroatoms. The molecule has 26 heavy (non-hydrogen) atoms. The minimum absolute atomic E-state index is 0.378. The van der Waals surface area contributed by atoms with Gasteiger partial charge in [0, 0.05) is 26.2 Å². The van der Waals surface area contributed by atoms with Gasteiger partial charge in [-0.15, -0.1) is 0 Å². The molecule has 1 rings (SSSR count). The first-order chi connectivity index (χ1) is 11.8. The summed E-state index contributed by atoms with van der Waals surface area (Å²) in [7, 11) is 0. The average Bonchev–Trinajstić information content (AvgIpc) is 2.51. The van der Waals surface area contributed by atoms with Crippen molar-refractivity contribution in [1.29, 1.82) is 5.26 Å². The fraction of sp³-hybridized carbons (Fsp3) is 0.750. The summed E-state index contributed by atoms with van der Waals surface area (Å²) < 4.78 is 42.9. The summed E-state index contributed by atoms with van der Waals surface area (Å²) in [6.07, 6.45) is -4.94. The highest BCUT2D eigenvalue weighted by Gasteiger charge is 2.36. The number of halogens is 3. The fourth-order valence-electron chi connectivity index (χ4n) is 2.10. The predicted molar refractivity (Wildman–Crippen MR) is 91.1 cm³/mol. The van der Waals surface area contributed by atoms with Crippen molar-refractivity contribution in [3.63, 3.8) is 0 Å². The van der Waals surface area contributed by atoms with Crippen LogP contribution in [0.25, 0.3) is 0 Å². The SMILES string of the molecule is C/C(=N\C(C#N)=N/C(C)C(F)(F)F)N1CCN(C(=O)OC(C)(C)C)CC1. The van der Waals surface area contributed by atoms with E-state index in [0.29, 0.717) is 32.0 Å². The average molecular weight is 375 g/mol. The zero-order valence-electron chi connectivity index (χ0n) is 15.6. The second-order valence-corrected chi connectivity index (χ2v) is 6.90. The molecule has 1 heterocycles. The van der Waals surface area contributed by atoms with Gasteiger partial charge in [0.2, 0.25) is 5.84 Å². The van der Waals surface area contributed by atoms with E-state index in [4.69, 9.17) is 10.00 Å². The van der Waals surface area contributed by atoms with Crippen molar-refractivity contribution >= 4 is 17.8 Å². The smallest absolute Gasteiger partial charge is 0.410 e. The quantitative estimate of drug-likeness (QED) is 0.521. The Morgan fingerprint density at radius 1 is 1.15 bits per heavy atom. The van der Waals surface area contributed by atoms with E-state index < -0.39 is 29.7 Å². The van der Waals surface area contributed by atoms with Gasteiger partial charge < -0.3 is 14.5 Å². The van der Waals surface area contributed by atoms with E-state index in [9.17, 15) is 18.0 Å². The van der Waals surface area contributed by atoms with Crippen molar-refractivity contribution in [2.24, 2.45) is 9.98 Å². The Balaban J connectivity index is 2.71. The summed E-state index contributed by atoms with van der Waals surface area (Å²) in [6, 6.07) is -0.423. The lowest BCUT2D eigenvalue weighted by atomic mass is 10.2. The number of piperazine rings is 1. The lowest BCUT2D eigenvalue weighted by molar-refractivity contribution is -0.142. The van der Waals surface area contributed by atoms with Gasteiger partial charge in [0.25, 0.3) is 0 Å². The van der Waals surface area contributed by atoms with Crippen LogP contribution in [-0.4, -0.2) is 71.6 Å². The van der Waals surface area contributed by atoms with Crippen molar-refractivity contribution in [1.82, 2.24) is 9.80 Å². The normalized spacial score (nSPS) is 18.4. The predicted octanol–water partition coefficient (Wildman–Crippen LogP) is 2.83. The molecule has 1 aliphatic rings. The van der Waals surface area contributed by atoms with E-state index in [1.54, 1.807) is 43.6 Å². The number of rotatable bonds is 1. The van der Waals surface area contributed by atoms with Crippen LogP contribution in [0.15, 0.2) is 9.98 Å². The Morgan fingerprint density at radius 3 is 2.08 bits per heavy atom. The summed E-state index contributed by atoms with van der Waals surface area (Å²) in [6.45, 7) is 9.44. The summed E-state index contributed by atoms with van der Waals surface area (Å²) in [5, 5.41) is 8.97. The van der Waals surface area contributed by atoms with Crippen molar-refractivity contribution in [3.05, 3.63) is 0 Å². The molecule has 0 aromatic carbocycles. The second kappa shape index (κ2) is 8.38. The molecule has 1 fully saturated rings. The summed E-state index contributed by atoms with van der Waals surface area (Å²) in [4.78, 5) is 22.6. The zero-order chi connectivity index (χ0) is 20.1. The molecular formula is C16H24F3N5O2. The Labute approximate surface area is 151 Å². The summed E-state index contributed by atoms with van der Waals surface area (Å²) >= 11 is 0. The molecule has 0 aromatic rings. The van der Waals surface area contributed by atoms with Crippen LogP contribution in [-0.2, 0) is 4.74 Å². The topological polar surface area (TPSA) is 81.3 Å². The number of amides is 1. The zero-order valence-corrected chi connectivity index (χ0v) is 15.6. The number of nitrogens with zero attached hydrogens (tertiary/aromatic N) is 5. The number of ether oxygens (including phenoxy) is 1. The van der Waals surface area contributed by atoms with Gasteiger partial charge in [-0.25, -0.2) is 14.8 Å². The molecule has 1 atom stereocenters. The number of amidine groups is 2. The van der Waals surface area contributed by atoms with Crippen LogP contribution in [0.3, 0.4) is 0 Å². The summed E-state index contributed by atoms with van der Waals surface area (Å²) in [5.74, 6) is -0.148. The lowest BCUT2D eigenvalue weighted by Gasteiger charge is -2.36. The third-order valence-electron chi connectivity index (χ3n) is 3.55. The van der Waals surface area contributed by atoms with Crippen molar-refractivity contribution in [2.75, 3.05) is 26.2 Å². The number of carbonyl (C=O) groups excluding carboxylic acids is 1. The molecule has 7 nitrogen and oxygen atoms in total. The fourth-order valence-corrected chi connectivity index (χ4v) is 2.10. The maximum Gasteiger partial charge on any atom is 0.410 e. The van der Waals surface area contributed by atoms with Gasteiger partial charge in [0.05, 0.1) is 0 Å². The Kier molecular flexibility index (Phi) is 7.00. The number of carbonyl (C=O) groups is 1. The van der Waals surface area contributed by atoms with Gasteiger partial charge >= 0.3 is 12.3 Å². The van der Waals surface area contributed by atoms with E-state index >= 15 is 0 Å². The van der Waals surface area contributed by atoms with Crippen LogP contribution in [0.1, 0.15) is 34.6 Å². The first kappa shape index (κ1) is 21.7. The molecule has 0 N–H and O–H groups in total. The van der Waals surface area contributed by atoms with Gasteiger partial charge in [0.1, 0.15) is 23.5 Å². The monoisotopic (exact) mass is 375 g/mol. The standard InChI is InChI=1S/C16H24F3N5O2/c1-11(16(17,18)19)21-13(10-20)22-12(2)23-6-8-24(9-7-23)14(25)26-15(3,4)5/h11H,6-9H2,1-5H3/b21-13-,22-12+. The highest BCUT2D eigenvalue weighted by atomic mass is 19.4. The molecule has 0 spiro atoms. The number of nitriles is 1. The highest BCUT2D eigenvalue weighted by molar-refractivity contribution is 6.04. The van der Waals surface area contributed by atoms with Crippen molar-refractivity contribution in [2.45, 2.75) is 52.4 Å². The van der Waals surface area contributed by atoms with Crippen LogP contribution in [0.5, 0.6) is 0 Å². The summed E-state index contributed by atoms with van der Waals surface area (Å²) in [5.41, 5.74) is -0.584. The lowest BCUT2D eigenvalue weighted by Crippen LogP contribution is -2.51. The van der Waals surface area contributed by atoms with Gasteiger partial charge in [-0.1, -0.05) is 0 Å². The molecule has 0 radical (unpaired) electrons. The van der Waals surface area contributed by atoms with Crippen LogP contribution in [0.2, 0.25) is 0 Å². The molecule has 0 saturated carbocycles. The molecular weight excluding hydrogens is 351 g/mol. The third kappa shape index (κ3) is 6.90. The van der Waals surface area contributed by atoms with E-state index in [-0.39, 0.29) is 0 Å². The molecule has 1 amide bonds.